The third kappa shape index (κ3) is 4.61. The van der Waals surface area contributed by atoms with Crippen LogP contribution in [0.2, 0.25) is 5.02 Å². The molecular weight excluding hydrogens is 308 g/mol. The monoisotopic (exact) mass is 320 g/mol. The van der Waals surface area contributed by atoms with E-state index >= 15 is 0 Å². The Labute approximate surface area is 129 Å². The van der Waals surface area contributed by atoms with Gasteiger partial charge in [0.2, 0.25) is 0 Å². The summed E-state index contributed by atoms with van der Waals surface area (Å²) >= 11 is 5.76. The van der Waals surface area contributed by atoms with E-state index in [1.165, 1.54) is 12.1 Å². The molecule has 0 amide bonds. The van der Waals surface area contributed by atoms with E-state index in [4.69, 9.17) is 15.8 Å². The van der Waals surface area contributed by atoms with E-state index in [0.717, 1.165) is 11.1 Å². The molecule has 0 unspecified atom stereocenters. The molecule has 0 bridgehead atoms. The highest BCUT2D eigenvalue weighted by Gasteiger charge is 2.13. The van der Waals surface area contributed by atoms with Crippen LogP contribution in [0.15, 0.2) is 53.4 Å². The topological polar surface area (TPSA) is 43.4 Å². The Morgan fingerprint density at radius 3 is 2.29 bits per heavy atom. The molecule has 0 atom stereocenters. The van der Waals surface area contributed by atoms with E-state index in [0.29, 0.717) is 5.02 Å². The minimum atomic E-state index is -3.76. The Morgan fingerprint density at radius 2 is 1.67 bits per heavy atom. The fraction of sp³-hybridized carbons (Fsp3) is 0.125. The van der Waals surface area contributed by atoms with Crippen LogP contribution in [-0.2, 0) is 14.3 Å². The van der Waals surface area contributed by atoms with Crippen LogP contribution in [0.3, 0.4) is 0 Å². The third-order valence-electron chi connectivity index (χ3n) is 2.67. The fourth-order valence-corrected chi connectivity index (χ4v) is 2.50. The van der Waals surface area contributed by atoms with Gasteiger partial charge in [-0.25, -0.2) is 0 Å². The summed E-state index contributed by atoms with van der Waals surface area (Å²) < 4.78 is 28.7. The molecule has 3 nitrogen and oxygen atoms in total. The maximum atomic E-state index is 11.9. The standard InChI is InChI=1S/C16H13ClO3S/c1-13-4-10-16(11-5-13)21(18,19)20-12-2-3-14-6-8-15(17)9-7-14/h4-11H,12H2,1H3. The van der Waals surface area contributed by atoms with Gasteiger partial charge < -0.3 is 0 Å². The van der Waals surface area contributed by atoms with Crippen LogP contribution < -0.4 is 0 Å². The molecule has 0 aliphatic carbocycles. The van der Waals surface area contributed by atoms with Gasteiger partial charge in [-0.2, -0.15) is 8.42 Å². The van der Waals surface area contributed by atoms with Crippen LogP contribution in [0.25, 0.3) is 0 Å². The van der Waals surface area contributed by atoms with Gasteiger partial charge in [0, 0.05) is 10.6 Å². The van der Waals surface area contributed by atoms with Crippen molar-refractivity contribution in [3.05, 3.63) is 64.7 Å². The summed E-state index contributed by atoms with van der Waals surface area (Å²) in [5, 5.41) is 0.624. The Bertz CT molecular complexity index is 767. The van der Waals surface area contributed by atoms with Gasteiger partial charge in [0.1, 0.15) is 6.61 Å². The molecule has 0 fully saturated rings. The lowest BCUT2D eigenvalue weighted by Gasteiger charge is -2.02. The molecule has 108 valence electrons. The van der Waals surface area contributed by atoms with Gasteiger partial charge in [0.25, 0.3) is 10.1 Å². The van der Waals surface area contributed by atoms with Gasteiger partial charge in [-0.05, 0) is 43.3 Å². The minimum Gasteiger partial charge on any atom is -0.253 e. The van der Waals surface area contributed by atoms with Crippen molar-refractivity contribution in [1.82, 2.24) is 0 Å². The highest BCUT2D eigenvalue weighted by atomic mass is 35.5. The van der Waals surface area contributed by atoms with Crippen molar-refractivity contribution in [1.29, 1.82) is 0 Å². The lowest BCUT2D eigenvalue weighted by Crippen LogP contribution is -2.06. The quantitative estimate of drug-likeness (QED) is 0.643. The number of rotatable bonds is 3. The van der Waals surface area contributed by atoms with Crippen LogP contribution in [0.1, 0.15) is 11.1 Å². The first-order valence-corrected chi connectivity index (χ1v) is 7.96. The SMILES string of the molecule is Cc1ccc(S(=O)(=O)OCC#Cc2ccc(Cl)cc2)cc1. The second-order valence-corrected chi connectivity index (χ2v) is 6.39. The molecule has 2 aromatic rings. The molecule has 0 aromatic heterocycles. The summed E-state index contributed by atoms with van der Waals surface area (Å²) in [5.41, 5.74) is 1.73. The normalized spacial score (nSPS) is 10.8. The van der Waals surface area contributed by atoms with E-state index < -0.39 is 10.1 Å². The summed E-state index contributed by atoms with van der Waals surface area (Å²) in [6, 6.07) is 13.4. The van der Waals surface area contributed by atoms with Crippen LogP contribution in [-0.4, -0.2) is 15.0 Å². The van der Waals surface area contributed by atoms with Gasteiger partial charge in [0.05, 0.1) is 4.90 Å². The summed E-state index contributed by atoms with van der Waals surface area (Å²) in [5.74, 6) is 5.47. The summed E-state index contributed by atoms with van der Waals surface area (Å²) in [6.07, 6.45) is 0. The lowest BCUT2D eigenvalue weighted by molar-refractivity contribution is 0.363. The van der Waals surface area contributed by atoms with Crippen molar-refractivity contribution in [3.8, 4) is 11.8 Å². The zero-order valence-electron chi connectivity index (χ0n) is 11.3. The average Bonchev–Trinajstić information content (AvgIpc) is 2.46. The molecule has 0 saturated carbocycles. The highest BCUT2D eigenvalue weighted by molar-refractivity contribution is 7.86. The zero-order valence-corrected chi connectivity index (χ0v) is 12.9. The first-order valence-electron chi connectivity index (χ1n) is 6.18. The van der Waals surface area contributed by atoms with Crippen LogP contribution >= 0.6 is 11.6 Å². The summed E-state index contributed by atoms with van der Waals surface area (Å²) in [4.78, 5) is 0.126. The molecule has 0 aliphatic rings. The van der Waals surface area contributed by atoms with Crippen molar-refractivity contribution >= 4 is 21.7 Å². The van der Waals surface area contributed by atoms with Gasteiger partial charge in [-0.1, -0.05) is 41.1 Å². The predicted octanol–water partition coefficient (Wildman–Crippen LogP) is 3.41. The van der Waals surface area contributed by atoms with E-state index in [1.807, 2.05) is 6.92 Å². The smallest absolute Gasteiger partial charge is 0.253 e. The zero-order chi connectivity index (χ0) is 15.3. The van der Waals surface area contributed by atoms with Crippen molar-refractivity contribution < 1.29 is 12.6 Å². The van der Waals surface area contributed by atoms with E-state index in [-0.39, 0.29) is 11.5 Å². The van der Waals surface area contributed by atoms with Crippen molar-refractivity contribution in [2.24, 2.45) is 0 Å². The Kier molecular flexibility index (Phi) is 5.03. The molecule has 0 aliphatic heterocycles. The average molecular weight is 321 g/mol. The van der Waals surface area contributed by atoms with Crippen molar-refractivity contribution in [3.63, 3.8) is 0 Å². The number of aryl methyl sites for hydroxylation is 1. The molecular formula is C16H13ClO3S. The number of benzene rings is 2. The molecule has 21 heavy (non-hydrogen) atoms. The van der Waals surface area contributed by atoms with E-state index in [9.17, 15) is 8.42 Å². The minimum absolute atomic E-state index is 0.126. The van der Waals surface area contributed by atoms with Gasteiger partial charge >= 0.3 is 0 Å². The molecule has 0 spiro atoms. The fourth-order valence-electron chi connectivity index (χ4n) is 1.55. The van der Waals surface area contributed by atoms with E-state index in [1.54, 1.807) is 36.4 Å². The van der Waals surface area contributed by atoms with Gasteiger partial charge in [-0.3, -0.25) is 4.18 Å². The van der Waals surface area contributed by atoms with Crippen molar-refractivity contribution in [2.45, 2.75) is 11.8 Å². The van der Waals surface area contributed by atoms with Gasteiger partial charge in [0.15, 0.2) is 0 Å². The number of hydrogen-bond donors (Lipinski definition) is 0. The van der Waals surface area contributed by atoms with Crippen LogP contribution in [0.4, 0.5) is 0 Å². The summed E-state index contributed by atoms with van der Waals surface area (Å²) in [7, 11) is -3.76. The Balaban J connectivity index is 2.00. The van der Waals surface area contributed by atoms with Crippen LogP contribution in [0, 0.1) is 18.8 Å². The number of hydrogen-bond acceptors (Lipinski definition) is 3. The van der Waals surface area contributed by atoms with Crippen molar-refractivity contribution in [2.75, 3.05) is 6.61 Å². The molecule has 0 saturated heterocycles. The first-order chi connectivity index (χ1) is 9.97. The molecule has 0 N–H and O–H groups in total. The third-order valence-corrected chi connectivity index (χ3v) is 4.20. The number of halogens is 1. The largest absolute Gasteiger partial charge is 0.297 e. The highest BCUT2D eigenvalue weighted by Crippen LogP contribution is 2.13. The second kappa shape index (κ2) is 6.77. The second-order valence-electron chi connectivity index (χ2n) is 4.34. The molecule has 0 heterocycles. The molecule has 2 rings (SSSR count). The van der Waals surface area contributed by atoms with Gasteiger partial charge in [-0.15, -0.1) is 0 Å². The predicted molar refractivity (Wildman–Crippen MR) is 82.6 cm³/mol. The maximum Gasteiger partial charge on any atom is 0.297 e. The molecule has 2 aromatic carbocycles. The Morgan fingerprint density at radius 1 is 1.05 bits per heavy atom. The first kappa shape index (κ1) is 15.6. The maximum absolute atomic E-state index is 11.9. The van der Waals surface area contributed by atoms with E-state index in [2.05, 4.69) is 11.8 Å². The lowest BCUT2D eigenvalue weighted by atomic mass is 10.2. The molecule has 0 radical (unpaired) electrons. The Hall–Kier alpha value is -1.80. The summed E-state index contributed by atoms with van der Waals surface area (Å²) in [6.45, 7) is 1.69. The van der Waals surface area contributed by atoms with Crippen LogP contribution in [0.5, 0.6) is 0 Å². The molecule has 5 heteroatoms.